The van der Waals surface area contributed by atoms with Crippen LogP contribution in [0.5, 0.6) is 0 Å². The van der Waals surface area contributed by atoms with Crippen LogP contribution in [-0.2, 0) is 0 Å². The van der Waals surface area contributed by atoms with Gasteiger partial charge in [0, 0.05) is 12.3 Å². The molecule has 0 atom stereocenters. The molecule has 84 valence electrons. The number of anilines is 1. The number of nitrogens with two attached hydrogens (primary N) is 1. The number of nitrogens with one attached hydrogen (secondary N) is 1. The molecule has 2 aromatic rings. The summed E-state index contributed by atoms with van der Waals surface area (Å²) in [7, 11) is 0. The number of thioether (sulfide) groups is 1. The van der Waals surface area contributed by atoms with Gasteiger partial charge >= 0.3 is 0 Å². The minimum Gasteiger partial charge on any atom is -0.308 e. The van der Waals surface area contributed by atoms with Gasteiger partial charge < -0.3 is 5.43 Å². The van der Waals surface area contributed by atoms with Crippen molar-refractivity contribution in [3.8, 4) is 5.82 Å². The van der Waals surface area contributed by atoms with Crippen molar-refractivity contribution in [1.29, 1.82) is 0 Å². The minimum atomic E-state index is 0.572. The van der Waals surface area contributed by atoms with Gasteiger partial charge in [-0.1, -0.05) is 11.8 Å². The zero-order valence-corrected chi connectivity index (χ0v) is 9.82. The first-order chi connectivity index (χ1) is 7.72. The predicted octanol–water partition coefficient (Wildman–Crippen LogP) is 0.978. The van der Waals surface area contributed by atoms with Gasteiger partial charge in [0.2, 0.25) is 0 Å². The number of hydrazine groups is 1. The van der Waals surface area contributed by atoms with E-state index in [1.807, 2.05) is 19.4 Å². The Morgan fingerprint density at radius 3 is 2.81 bits per heavy atom. The Morgan fingerprint density at radius 1 is 1.44 bits per heavy atom. The molecule has 0 unspecified atom stereocenters. The molecular formula is C9H12N6S. The second-order valence-corrected chi connectivity index (χ2v) is 3.98. The number of nitrogen functional groups attached to an aromatic ring is 1. The molecule has 0 saturated heterocycles. The summed E-state index contributed by atoms with van der Waals surface area (Å²) >= 11 is 1.46. The Morgan fingerprint density at radius 2 is 2.25 bits per heavy atom. The van der Waals surface area contributed by atoms with Crippen molar-refractivity contribution in [3.63, 3.8) is 0 Å². The third-order valence-electron chi connectivity index (χ3n) is 1.97. The zero-order valence-electron chi connectivity index (χ0n) is 9.01. The van der Waals surface area contributed by atoms with E-state index in [1.165, 1.54) is 11.8 Å². The van der Waals surface area contributed by atoms with Gasteiger partial charge in [-0.25, -0.2) is 20.5 Å². The Kier molecular flexibility index (Phi) is 3.07. The SMILES string of the molecule is CSc1nc(NN)cc(-n2cc(C)cn2)n1. The standard InChI is InChI=1S/C9H12N6S/c1-6-4-11-15(5-6)8-3-7(14-10)12-9(13-8)16-2/h3-5H,10H2,1-2H3,(H,12,13,14). The molecule has 0 aliphatic rings. The van der Waals surface area contributed by atoms with Crippen molar-refractivity contribution in [3.05, 3.63) is 24.0 Å². The van der Waals surface area contributed by atoms with Crippen LogP contribution in [0, 0.1) is 6.92 Å². The average molecular weight is 236 g/mol. The second-order valence-electron chi connectivity index (χ2n) is 3.20. The zero-order chi connectivity index (χ0) is 11.5. The van der Waals surface area contributed by atoms with E-state index in [1.54, 1.807) is 16.9 Å². The van der Waals surface area contributed by atoms with Crippen molar-refractivity contribution in [2.75, 3.05) is 11.7 Å². The van der Waals surface area contributed by atoms with E-state index in [0.717, 1.165) is 5.56 Å². The summed E-state index contributed by atoms with van der Waals surface area (Å²) in [6.45, 7) is 1.97. The van der Waals surface area contributed by atoms with Gasteiger partial charge in [-0.05, 0) is 18.7 Å². The lowest BCUT2D eigenvalue weighted by Crippen LogP contribution is -2.11. The lowest BCUT2D eigenvalue weighted by Gasteiger charge is -2.05. The van der Waals surface area contributed by atoms with Gasteiger partial charge in [-0.3, -0.25) is 0 Å². The summed E-state index contributed by atoms with van der Waals surface area (Å²) in [6, 6.07) is 1.74. The highest BCUT2D eigenvalue weighted by molar-refractivity contribution is 7.98. The summed E-state index contributed by atoms with van der Waals surface area (Å²) in [5, 5.41) is 4.84. The van der Waals surface area contributed by atoms with Crippen LogP contribution < -0.4 is 11.3 Å². The number of nitrogens with zero attached hydrogens (tertiary/aromatic N) is 4. The van der Waals surface area contributed by atoms with Crippen molar-refractivity contribution in [2.24, 2.45) is 5.84 Å². The molecule has 0 aliphatic heterocycles. The third kappa shape index (κ3) is 2.15. The molecule has 0 amide bonds. The largest absolute Gasteiger partial charge is 0.308 e. The molecule has 0 radical (unpaired) electrons. The van der Waals surface area contributed by atoms with Crippen LogP contribution in [0.3, 0.4) is 0 Å². The van der Waals surface area contributed by atoms with Crippen molar-refractivity contribution >= 4 is 17.6 Å². The van der Waals surface area contributed by atoms with Crippen LogP contribution in [0.15, 0.2) is 23.6 Å². The van der Waals surface area contributed by atoms with Crippen molar-refractivity contribution < 1.29 is 0 Å². The van der Waals surface area contributed by atoms with Gasteiger partial charge in [0.25, 0.3) is 0 Å². The minimum absolute atomic E-state index is 0.572. The van der Waals surface area contributed by atoms with Crippen LogP contribution in [0.1, 0.15) is 5.56 Å². The highest BCUT2D eigenvalue weighted by atomic mass is 32.2. The second kappa shape index (κ2) is 4.50. The molecule has 7 heteroatoms. The topological polar surface area (TPSA) is 81.6 Å². The van der Waals surface area contributed by atoms with E-state index < -0.39 is 0 Å². The summed E-state index contributed by atoms with van der Waals surface area (Å²) in [4.78, 5) is 8.52. The summed E-state index contributed by atoms with van der Waals surface area (Å²) in [5.41, 5.74) is 3.59. The molecule has 0 aromatic carbocycles. The summed E-state index contributed by atoms with van der Waals surface area (Å²) in [6.07, 6.45) is 5.58. The molecule has 0 saturated carbocycles. The lowest BCUT2D eigenvalue weighted by molar-refractivity contribution is 0.808. The fourth-order valence-corrected chi connectivity index (χ4v) is 1.61. The molecule has 0 aliphatic carbocycles. The first kappa shape index (κ1) is 10.9. The third-order valence-corrected chi connectivity index (χ3v) is 2.52. The molecule has 2 aromatic heterocycles. The molecule has 16 heavy (non-hydrogen) atoms. The molecule has 2 rings (SSSR count). The normalized spacial score (nSPS) is 10.4. The molecule has 3 N–H and O–H groups in total. The van der Waals surface area contributed by atoms with Gasteiger partial charge in [0.1, 0.15) is 5.82 Å². The van der Waals surface area contributed by atoms with Crippen molar-refractivity contribution in [1.82, 2.24) is 19.7 Å². The Balaban J connectivity index is 2.47. The first-order valence-corrected chi connectivity index (χ1v) is 5.86. The maximum Gasteiger partial charge on any atom is 0.191 e. The van der Waals surface area contributed by atoms with Crippen molar-refractivity contribution in [2.45, 2.75) is 12.1 Å². The quantitative estimate of drug-likeness (QED) is 0.358. The molecule has 0 spiro atoms. The Labute approximate surface area is 97.2 Å². The fraction of sp³-hybridized carbons (Fsp3) is 0.222. The van der Waals surface area contributed by atoms with E-state index in [2.05, 4.69) is 20.5 Å². The number of hydrogen-bond donors (Lipinski definition) is 2. The number of rotatable bonds is 3. The highest BCUT2D eigenvalue weighted by Gasteiger charge is 2.05. The van der Waals surface area contributed by atoms with Gasteiger partial charge in [-0.2, -0.15) is 5.10 Å². The predicted molar refractivity (Wildman–Crippen MR) is 63.5 cm³/mol. The van der Waals surface area contributed by atoms with E-state index in [-0.39, 0.29) is 0 Å². The maximum absolute atomic E-state index is 5.35. The van der Waals surface area contributed by atoms with E-state index in [9.17, 15) is 0 Å². The van der Waals surface area contributed by atoms with Gasteiger partial charge in [0.05, 0.1) is 6.20 Å². The average Bonchev–Trinajstić information content (AvgIpc) is 2.75. The molecule has 0 fully saturated rings. The Bertz CT molecular complexity index is 472. The lowest BCUT2D eigenvalue weighted by atomic mass is 10.4. The van der Waals surface area contributed by atoms with Crippen LogP contribution >= 0.6 is 11.8 Å². The van der Waals surface area contributed by atoms with E-state index >= 15 is 0 Å². The fourth-order valence-electron chi connectivity index (χ4n) is 1.23. The molecule has 2 heterocycles. The van der Waals surface area contributed by atoms with Crippen LogP contribution in [0.25, 0.3) is 5.82 Å². The number of aryl methyl sites for hydroxylation is 1. The van der Waals surface area contributed by atoms with Crippen LogP contribution in [0.4, 0.5) is 5.82 Å². The summed E-state index contributed by atoms with van der Waals surface area (Å²) in [5.74, 6) is 6.61. The highest BCUT2D eigenvalue weighted by Crippen LogP contribution is 2.15. The monoisotopic (exact) mass is 236 g/mol. The molecule has 0 bridgehead atoms. The van der Waals surface area contributed by atoms with Gasteiger partial charge in [-0.15, -0.1) is 0 Å². The van der Waals surface area contributed by atoms with E-state index in [0.29, 0.717) is 16.8 Å². The summed E-state index contributed by atoms with van der Waals surface area (Å²) < 4.78 is 1.69. The van der Waals surface area contributed by atoms with Crippen LogP contribution in [-0.4, -0.2) is 26.0 Å². The number of hydrogen-bond acceptors (Lipinski definition) is 6. The smallest absolute Gasteiger partial charge is 0.191 e. The molecular weight excluding hydrogens is 224 g/mol. The van der Waals surface area contributed by atoms with Crippen LogP contribution in [0.2, 0.25) is 0 Å². The maximum atomic E-state index is 5.35. The first-order valence-electron chi connectivity index (χ1n) is 4.64. The van der Waals surface area contributed by atoms with E-state index in [4.69, 9.17) is 5.84 Å². The van der Waals surface area contributed by atoms with Gasteiger partial charge in [0.15, 0.2) is 11.0 Å². The number of aromatic nitrogens is 4. The Hall–Kier alpha value is -1.60. The molecule has 6 nitrogen and oxygen atoms in total.